The first-order valence-corrected chi connectivity index (χ1v) is 15.8. The van der Waals surface area contributed by atoms with Crippen molar-refractivity contribution in [2.75, 3.05) is 0 Å². The Bertz CT molecular complexity index is 971. The Morgan fingerprint density at radius 1 is 1.23 bits per heavy atom. The molecule has 0 heterocycles. The highest BCUT2D eigenvalue weighted by Crippen LogP contribution is 2.53. The number of allylic oxidation sites excluding steroid dienone is 1. The van der Waals surface area contributed by atoms with Gasteiger partial charge in [-0.3, -0.25) is 4.85 Å². The van der Waals surface area contributed by atoms with Crippen molar-refractivity contribution in [3.8, 4) is 0 Å². The highest BCUT2D eigenvalue weighted by Gasteiger charge is 2.55. The van der Waals surface area contributed by atoms with Crippen LogP contribution in [0.3, 0.4) is 0 Å². The highest BCUT2D eigenvalue weighted by atomic mass is 32.2. The Morgan fingerprint density at radius 2 is 1.87 bits per heavy atom. The van der Waals surface area contributed by atoms with Crippen molar-refractivity contribution in [3.05, 3.63) is 52.9 Å². The van der Waals surface area contributed by atoms with E-state index in [-0.39, 0.29) is 22.3 Å². The molecule has 0 saturated heterocycles. The minimum Gasteiger partial charge on any atom is -0.414 e. The lowest BCUT2D eigenvalue weighted by Crippen LogP contribution is -2.49. The lowest BCUT2D eigenvalue weighted by molar-refractivity contribution is -0.0114. The maximum Gasteiger partial charge on any atom is 0.351 e. The van der Waals surface area contributed by atoms with E-state index in [1.165, 1.54) is 0 Å². The summed E-state index contributed by atoms with van der Waals surface area (Å²) in [5, 5.41) is 0. The number of aryl methyl sites for hydroxylation is 1. The van der Waals surface area contributed by atoms with Gasteiger partial charge < -0.3 is 4.43 Å². The van der Waals surface area contributed by atoms with Crippen LogP contribution in [-0.2, 0) is 14.3 Å². The van der Waals surface area contributed by atoms with Crippen molar-refractivity contribution in [3.63, 3.8) is 0 Å². The molecule has 0 bridgehead atoms. The van der Waals surface area contributed by atoms with Gasteiger partial charge in [0.1, 0.15) is 0 Å². The van der Waals surface area contributed by atoms with Crippen molar-refractivity contribution in [2.24, 2.45) is 11.3 Å². The standard InChI is InChI=1S/C24H35NO3SSi/c1-18-10-12-20(13-11-18)29(26,27)24(3,25-4)19-14-16-23(2)15-8-9-22(21(23)17-19)28-30(5,6)7/h10-14,21-22H,8-9,15-17H2,1-3,5-7H3/t21-,22-,23+,24?/m1/s1. The second-order valence-electron chi connectivity index (χ2n) is 10.5. The van der Waals surface area contributed by atoms with Gasteiger partial charge in [0.2, 0.25) is 0 Å². The summed E-state index contributed by atoms with van der Waals surface area (Å²) in [6.45, 7) is 20.4. The van der Waals surface area contributed by atoms with Crippen LogP contribution in [-0.4, -0.2) is 27.7 Å². The van der Waals surface area contributed by atoms with Gasteiger partial charge in [-0.05, 0) is 75.7 Å². The van der Waals surface area contributed by atoms with Crippen LogP contribution in [0.5, 0.6) is 0 Å². The van der Waals surface area contributed by atoms with Gasteiger partial charge in [-0.15, -0.1) is 0 Å². The molecule has 164 valence electrons. The summed E-state index contributed by atoms with van der Waals surface area (Å²) in [4.78, 5) is 2.38. The van der Waals surface area contributed by atoms with Crippen LogP contribution in [0.2, 0.25) is 19.6 Å². The normalized spacial score (nSPS) is 29.3. The van der Waals surface area contributed by atoms with Gasteiger partial charge in [-0.25, -0.2) is 15.0 Å². The van der Waals surface area contributed by atoms with Crippen molar-refractivity contribution in [1.29, 1.82) is 0 Å². The Balaban J connectivity index is 1.99. The van der Waals surface area contributed by atoms with E-state index in [0.717, 1.165) is 36.8 Å². The van der Waals surface area contributed by atoms with E-state index in [0.29, 0.717) is 6.42 Å². The van der Waals surface area contributed by atoms with Crippen LogP contribution in [0.4, 0.5) is 0 Å². The Morgan fingerprint density at radius 3 is 2.43 bits per heavy atom. The van der Waals surface area contributed by atoms with Crippen molar-refractivity contribution in [2.45, 2.75) is 88.4 Å². The van der Waals surface area contributed by atoms with E-state index >= 15 is 0 Å². The molecule has 1 saturated carbocycles. The first-order valence-electron chi connectivity index (χ1n) is 10.9. The van der Waals surface area contributed by atoms with Gasteiger partial charge in [0, 0.05) is 18.6 Å². The maximum atomic E-state index is 13.6. The molecule has 0 N–H and O–H groups in total. The van der Waals surface area contributed by atoms with E-state index in [2.05, 4.69) is 37.5 Å². The molecule has 0 radical (unpaired) electrons. The van der Waals surface area contributed by atoms with E-state index in [9.17, 15) is 8.42 Å². The lowest BCUT2D eigenvalue weighted by Gasteiger charge is -2.50. The second kappa shape index (κ2) is 7.92. The summed E-state index contributed by atoms with van der Waals surface area (Å²) in [7, 11) is -5.55. The van der Waals surface area contributed by atoms with Crippen molar-refractivity contribution < 1.29 is 12.8 Å². The van der Waals surface area contributed by atoms with Crippen molar-refractivity contribution >= 4 is 18.2 Å². The molecule has 6 heteroatoms. The van der Waals surface area contributed by atoms with E-state index in [1.807, 2.05) is 6.92 Å². The summed E-state index contributed by atoms with van der Waals surface area (Å²) in [5.41, 5.74) is 1.86. The van der Waals surface area contributed by atoms with Gasteiger partial charge in [-0.1, -0.05) is 37.1 Å². The fourth-order valence-corrected chi connectivity index (χ4v) is 7.85. The average Bonchev–Trinajstić information content (AvgIpc) is 2.66. The molecule has 1 aromatic rings. The predicted octanol–water partition coefficient (Wildman–Crippen LogP) is 6.15. The summed E-state index contributed by atoms with van der Waals surface area (Å²) in [6, 6.07) is 6.84. The van der Waals surface area contributed by atoms with Crippen LogP contribution in [0, 0.1) is 24.8 Å². The number of rotatable bonds is 5. The molecule has 0 aromatic heterocycles. The fourth-order valence-electron chi connectivity index (χ4n) is 5.08. The lowest BCUT2D eigenvalue weighted by atomic mass is 9.59. The van der Waals surface area contributed by atoms with Crippen LogP contribution in [0.25, 0.3) is 4.85 Å². The molecule has 4 atom stereocenters. The molecule has 30 heavy (non-hydrogen) atoms. The molecule has 1 unspecified atom stereocenters. The first kappa shape index (κ1) is 23.2. The number of hydrogen-bond acceptors (Lipinski definition) is 3. The molecule has 1 fully saturated rings. The maximum absolute atomic E-state index is 13.6. The quantitative estimate of drug-likeness (QED) is 0.310. The third-order valence-corrected chi connectivity index (χ3v) is 10.3. The minimum absolute atomic E-state index is 0.114. The van der Waals surface area contributed by atoms with Crippen LogP contribution >= 0.6 is 0 Å². The molecule has 2 aliphatic carbocycles. The zero-order chi connectivity index (χ0) is 22.4. The Kier molecular flexibility index (Phi) is 6.14. The largest absolute Gasteiger partial charge is 0.414 e. The number of benzene rings is 1. The second-order valence-corrected chi connectivity index (χ2v) is 17.2. The van der Waals surface area contributed by atoms with Gasteiger partial charge in [-0.2, -0.15) is 0 Å². The third-order valence-electron chi connectivity index (χ3n) is 7.00. The Labute approximate surface area is 183 Å². The molecule has 0 amide bonds. The van der Waals surface area contributed by atoms with Gasteiger partial charge in [0.25, 0.3) is 9.84 Å². The Hall–Kier alpha value is -1.42. The smallest absolute Gasteiger partial charge is 0.351 e. The number of hydrogen-bond donors (Lipinski definition) is 0. The summed E-state index contributed by atoms with van der Waals surface area (Å²) < 4.78 is 33.7. The zero-order valence-corrected chi connectivity index (χ0v) is 21.0. The van der Waals surface area contributed by atoms with Crippen LogP contribution in [0.1, 0.15) is 51.5 Å². The number of sulfone groups is 1. The van der Waals surface area contributed by atoms with Gasteiger partial charge in [0.05, 0.1) is 4.90 Å². The first-order chi connectivity index (χ1) is 13.8. The van der Waals surface area contributed by atoms with E-state index in [4.69, 9.17) is 11.0 Å². The van der Waals surface area contributed by atoms with E-state index in [1.54, 1.807) is 31.2 Å². The summed E-state index contributed by atoms with van der Waals surface area (Å²) >= 11 is 0. The number of fused-ring (bicyclic) bond motifs is 1. The number of nitrogens with zero attached hydrogens (tertiary/aromatic N) is 1. The fraction of sp³-hybridized carbons (Fsp3) is 0.625. The molecule has 4 nitrogen and oxygen atoms in total. The average molecular weight is 446 g/mol. The molecule has 1 aromatic carbocycles. The minimum atomic E-state index is -3.83. The summed E-state index contributed by atoms with van der Waals surface area (Å²) in [5.74, 6) is 0.257. The van der Waals surface area contributed by atoms with Crippen molar-refractivity contribution in [1.82, 2.24) is 0 Å². The van der Waals surface area contributed by atoms with Gasteiger partial charge >= 0.3 is 4.87 Å². The predicted molar refractivity (Wildman–Crippen MR) is 124 cm³/mol. The summed E-state index contributed by atoms with van der Waals surface area (Å²) in [6.07, 6.45) is 6.94. The molecule has 0 spiro atoms. The molecular formula is C24H35NO3SSi. The zero-order valence-electron chi connectivity index (χ0n) is 19.2. The third kappa shape index (κ3) is 4.17. The molecular weight excluding hydrogens is 410 g/mol. The SMILES string of the molecule is [C-]#[N+]C(C)(C1=CC[C@]2(C)CCC[C@@H](O[Si](C)(C)C)[C@H]2C1)S(=O)(=O)c1ccc(C)cc1. The van der Waals surface area contributed by atoms with Crippen LogP contribution in [0.15, 0.2) is 40.8 Å². The molecule has 2 aliphatic rings. The monoisotopic (exact) mass is 445 g/mol. The topological polar surface area (TPSA) is 47.7 Å². The van der Waals surface area contributed by atoms with E-state index < -0.39 is 23.0 Å². The van der Waals surface area contributed by atoms with Gasteiger partial charge in [0.15, 0.2) is 8.32 Å². The highest BCUT2D eigenvalue weighted by molar-refractivity contribution is 7.93. The van der Waals surface area contributed by atoms with Crippen LogP contribution < -0.4 is 0 Å². The molecule has 3 rings (SSSR count). The molecule has 0 aliphatic heterocycles.